The molecule has 2 rings (SSSR count). The van der Waals surface area contributed by atoms with Gasteiger partial charge in [-0.3, -0.25) is 9.59 Å². The van der Waals surface area contributed by atoms with Crippen molar-refractivity contribution >= 4 is 11.8 Å². The zero-order valence-electron chi connectivity index (χ0n) is 13.1. The number of amides is 2. The van der Waals surface area contributed by atoms with Crippen LogP contribution in [0.3, 0.4) is 0 Å². The van der Waals surface area contributed by atoms with Crippen LogP contribution in [-0.2, 0) is 9.59 Å². The second kappa shape index (κ2) is 7.38. The number of hydrogen-bond donors (Lipinski definition) is 1. The summed E-state index contributed by atoms with van der Waals surface area (Å²) in [6, 6.07) is 5.88. The molecule has 1 aromatic carbocycles. The number of piperidine rings is 1. The van der Waals surface area contributed by atoms with Gasteiger partial charge in [0.2, 0.25) is 11.8 Å². The van der Waals surface area contributed by atoms with Gasteiger partial charge in [-0.2, -0.15) is 0 Å². The van der Waals surface area contributed by atoms with E-state index in [1.807, 2.05) is 13.8 Å². The van der Waals surface area contributed by atoms with Gasteiger partial charge in [-0.15, -0.1) is 0 Å². The van der Waals surface area contributed by atoms with Crippen LogP contribution in [0, 0.1) is 11.7 Å². The van der Waals surface area contributed by atoms with Crippen LogP contribution in [0.2, 0.25) is 0 Å². The van der Waals surface area contributed by atoms with Crippen LogP contribution < -0.4 is 5.32 Å². The van der Waals surface area contributed by atoms with Crippen molar-refractivity contribution in [1.82, 2.24) is 10.2 Å². The molecular weight excluding hydrogens is 283 g/mol. The molecule has 0 aliphatic carbocycles. The Morgan fingerprint density at radius 2 is 2.09 bits per heavy atom. The van der Waals surface area contributed by atoms with Gasteiger partial charge in [0.15, 0.2) is 0 Å². The molecule has 2 atom stereocenters. The van der Waals surface area contributed by atoms with E-state index in [1.165, 1.54) is 6.07 Å². The maximum absolute atomic E-state index is 14.2. The summed E-state index contributed by atoms with van der Waals surface area (Å²) < 4.78 is 14.2. The number of halogens is 1. The molecule has 1 N–H and O–H groups in total. The van der Waals surface area contributed by atoms with Crippen molar-refractivity contribution in [3.63, 3.8) is 0 Å². The van der Waals surface area contributed by atoms with E-state index >= 15 is 0 Å². The minimum Gasteiger partial charge on any atom is -0.356 e. The lowest BCUT2D eigenvalue weighted by Gasteiger charge is -2.40. The molecule has 1 aliphatic heterocycles. The van der Waals surface area contributed by atoms with E-state index in [9.17, 15) is 14.0 Å². The van der Waals surface area contributed by atoms with E-state index < -0.39 is 12.0 Å². The molecule has 5 heteroatoms. The summed E-state index contributed by atoms with van der Waals surface area (Å²) in [6.45, 7) is 4.91. The molecule has 1 saturated heterocycles. The Labute approximate surface area is 130 Å². The van der Waals surface area contributed by atoms with Crippen molar-refractivity contribution in [3.8, 4) is 0 Å². The molecule has 0 radical (unpaired) electrons. The number of carbonyl (C=O) groups is 2. The summed E-state index contributed by atoms with van der Waals surface area (Å²) in [6.07, 6.45) is 1.64. The van der Waals surface area contributed by atoms with E-state index in [0.717, 1.165) is 6.42 Å². The lowest BCUT2D eigenvalue weighted by molar-refractivity contribution is -0.143. The van der Waals surface area contributed by atoms with Crippen LogP contribution in [-0.4, -0.2) is 29.8 Å². The third kappa shape index (κ3) is 3.29. The molecule has 120 valence electrons. The third-order valence-electron chi connectivity index (χ3n) is 4.16. The number of benzene rings is 1. The van der Waals surface area contributed by atoms with Crippen molar-refractivity contribution in [2.75, 3.05) is 13.1 Å². The van der Waals surface area contributed by atoms with Crippen LogP contribution in [0.4, 0.5) is 4.39 Å². The van der Waals surface area contributed by atoms with E-state index in [1.54, 1.807) is 23.1 Å². The fourth-order valence-corrected chi connectivity index (χ4v) is 3.08. The van der Waals surface area contributed by atoms with Crippen molar-refractivity contribution in [2.24, 2.45) is 5.92 Å². The first-order chi connectivity index (χ1) is 10.6. The highest BCUT2D eigenvalue weighted by Crippen LogP contribution is 2.37. The highest BCUT2D eigenvalue weighted by atomic mass is 19.1. The Hall–Kier alpha value is -1.91. The first-order valence-corrected chi connectivity index (χ1v) is 7.91. The van der Waals surface area contributed by atoms with Crippen molar-refractivity contribution in [2.45, 2.75) is 39.2 Å². The minimum absolute atomic E-state index is 0.0182. The predicted molar refractivity (Wildman–Crippen MR) is 82.6 cm³/mol. The summed E-state index contributed by atoms with van der Waals surface area (Å²) in [4.78, 5) is 26.2. The number of rotatable bonds is 5. The molecule has 0 bridgehead atoms. The second-order valence-electron chi connectivity index (χ2n) is 5.58. The Morgan fingerprint density at radius 1 is 1.36 bits per heavy atom. The minimum atomic E-state index is -0.524. The van der Waals surface area contributed by atoms with Gasteiger partial charge in [0.1, 0.15) is 5.82 Å². The molecule has 0 spiro atoms. The molecule has 1 fully saturated rings. The number of likely N-dealkylation sites (tertiary alicyclic amines) is 1. The van der Waals surface area contributed by atoms with E-state index in [4.69, 9.17) is 0 Å². The molecule has 2 amide bonds. The maximum atomic E-state index is 14.2. The molecule has 0 saturated carbocycles. The fourth-order valence-electron chi connectivity index (χ4n) is 3.08. The topological polar surface area (TPSA) is 49.4 Å². The monoisotopic (exact) mass is 306 g/mol. The number of carbonyl (C=O) groups excluding carboxylic acids is 2. The normalized spacial score (nSPS) is 21.8. The van der Waals surface area contributed by atoms with Gasteiger partial charge >= 0.3 is 0 Å². The zero-order valence-corrected chi connectivity index (χ0v) is 13.1. The third-order valence-corrected chi connectivity index (χ3v) is 4.16. The average Bonchev–Trinajstić information content (AvgIpc) is 2.52. The van der Waals surface area contributed by atoms with Crippen LogP contribution in [0.15, 0.2) is 24.3 Å². The Morgan fingerprint density at radius 3 is 2.73 bits per heavy atom. The summed E-state index contributed by atoms with van der Waals surface area (Å²) >= 11 is 0. The summed E-state index contributed by atoms with van der Waals surface area (Å²) in [5.41, 5.74) is 0.425. The molecule has 0 unspecified atom stereocenters. The van der Waals surface area contributed by atoms with Crippen molar-refractivity contribution in [1.29, 1.82) is 0 Å². The maximum Gasteiger partial charge on any atom is 0.225 e. The van der Waals surface area contributed by atoms with Crippen LogP contribution in [0.5, 0.6) is 0 Å². The van der Waals surface area contributed by atoms with Gasteiger partial charge < -0.3 is 10.2 Å². The zero-order chi connectivity index (χ0) is 16.1. The molecule has 1 aliphatic rings. The predicted octanol–water partition coefficient (Wildman–Crippen LogP) is 2.65. The van der Waals surface area contributed by atoms with E-state index in [-0.39, 0.29) is 17.6 Å². The lowest BCUT2D eigenvalue weighted by Crippen LogP contribution is -2.48. The van der Waals surface area contributed by atoms with Gasteiger partial charge in [0.25, 0.3) is 0 Å². The molecule has 0 aromatic heterocycles. The molecule has 4 nitrogen and oxygen atoms in total. The van der Waals surface area contributed by atoms with Crippen LogP contribution in [0.25, 0.3) is 0 Å². The summed E-state index contributed by atoms with van der Waals surface area (Å²) in [5, 5.41) is 2.88. The summed E-state index contributed by atoms with van der Waals surface area (Å²) in [5.74, 6) is -0.883. The smallest absolute Gasteiger partial charge is 0.225 e. The van der Waals surface area contributed by atoms with Gasteiger partial charge in [-0.25, -0.2) is 4.39 Å². The number of nitrogens with one attached hydrogen (secondary N) is 1. The Bertz CT molecular complexity index is 547. The van der Waals surface area contributed by atoms with E-state index in [2.05, 4.69) is 5.32 Å². The van der Waals surface area contributed by atoms with Gasteiger partial charge in [-0.05, 0) is 25.8 Å². The van der Waals surface area contributed by atoms with E-state index in [0.29, 0.717) is 31.5 Å². The standard InChI is InChI=1S/C17H23FN2O2/c1-3-11-19-17(22)13-9-10-15(21)20(4-2)16(13)12-7-5-6-8-14(12)18/h5-8,13,16H,3-4,9-11H2,1-2H3,(H,19,22)/t13-,16+/m1/s1. The van der Waals surface area contributed by atoms with Crippen molar-refractivity contribution < 1.29 is 14.0 Å². The van der Waals surface area contributed by atoms with Gasteiger partial charge in [0.05, 0.1) is 12.0 Å². The summed E-state index contributed by atoms with van der Waals surface area (Å²) in [7, 11) is 0. The Balaban J connectivity index is 2.36. The number of hydrogen-bond acceptors (Lipinski definition) is 2. The van der Waals surface area contributed by atoms with Crippen molar-refractivity contribution in [3.05, 3.63) is 35.6 Å². The Kier molecular flexibility index (Phi) is 5.52. The molecule has 1 heterocycles. The molecular formula is C17H23FN2O2. The first-order valence-electron chi connectivity index (χ1n) is 7.91. The first kappa shape index (κ1) is 16.5. The van der Waals surface area contributed by atoms with Crippen LogP contribution >= 0.6 is 0 Å². The van der Waals surface area contributed by atoms with Gasteiger partial charge in [0, 0.05) is 25.1 Å². The fraction of sp³-hybridized carbons (Fsp3) is 0.529. The van der Waals surface area contributed by atoms with Crippen LogP contribution in [0.1, 0.15) is 44.7 Å². The quantitative estimate of drug-likeness (QED) is 0.909. The number of nitrogens with zero attached hydrogens (tertiary/aromatic N) is 1. The van der Waals surface area contributed by atoms with Gasteiger partial charge in [-0.1, -0.05) is 25.1 Å². The lowest BCUT2D eigenvalue weighted by atomic mass is 9.83. The highest BCUT2D eigenvalue weighted by molar-refractivity contribution is 5.85. The second-order valence-corrected chi connectivity index (χ2v) is 5.58. The average molecular weight is 306 g/mol. The largest absolute Gasteiger partial charge is 0.356 e. The SMILES string of the molecule is CCCNC(=O)[C@@H]1CCC(=O)N(CC)[C@H]1c1ccccc1F. The molecule has 22 heavy (non-hydrogen) atoms. The highest BCUT2D eigenvalue weighted by Gasteiger charge is 2.40. The molecule has 1 aromatic rings.